The smallest absolute Gasteiger partial charge is 0.222 e. The first-order valence-corrected chi connectivity index (χ1v) is 7.37. The first-order valence-electron chi connectivity index (χ1n) is 7.37. The molecule has 3 nitrogen and oxygen atoms in total. The number of benzene rings is 2. The van der Waals surface area contributed by atoms with Crippen LogP contribution in [0.5, 0.6) is 0 Å². The predicted octanol–water partition coefficient (Wildman–Crippen LogP) is 3.56. The van der Waals surface area contributed by atoms with Gasteiger partial charge in [-0.3, -0.25) is 4.79 Å². The highest BCUT2D eigenvalue weighted by atomic mass is 19.1. The zero-order valence-corrected chi connectivity index (χ0v) is 12.9. The van der Waals surface area contributed by atoms with Crippen molar-refractivity contribution >= 4 is 11.6 Å². The van der Waals surface area contributed by atoms with Gasteiger partial charge in [0.1, 0.15) is 5.82 Å². The van der Waals surface area contributed by atoms with E-state index in [0.717, 1.165) is 11.3 Å². The zero-order valence-electron chi connectivity index (χ0n) is 12.9. The van der Waals surface area contributed by atoms with E-state index in [0.29, 0.717) is 19.5 Å². The van der Waals surface area contributed by atoms with Gasteiger partial charge in [-0.15, -0.1) is 0 Å². The summed E-state index contributed by atoms with van der Waals surface area (Å²) in [6, 6.07) is 12.2. The van der Waals surface area contributed by atoms with Crippen LogP contribution in [0.1, 0.15) is 23.1 Å². The fraction of sp³-hybridized carbons (Fsp3) is 0.278. The first kappa shape index (κ1) is 16.0. The molecule has 0 aliphatic heterocycles. The molecule has 0 aliphatic rings. The molecular formula is C18H21FN2O. The second-order valence-corrected chi connectivity index (χ2v) is 5.33. The second kappa shape index (κ2) is 7.59. The molecule has 0 radical (unpaired) electrons. The summed E-state index contributed by atoms with van der Waals surface area (Å²) in [7, 11) is 0. The minimum atomic E-state index is -0.271. The van der Waals surface area contributed by atoms with Crippen molar-refractivity contribution in [1.29, 1.82) is 0 Å². The van der Waals surface area contributed by atoms with E-state index in [9.17, 15) is 9.18 Å². The van der Waals surface area contributed by atoms with E-state index in [1.54, 1.807) is 12.1 Å². The standard InChI is InChI=1S/C18H21FN2O/c1-13-4-3-5-17(14(13)2)20-11-10-18(22)21-12-15-6-8-16(19)9-7-15/h3-9,20H,10-12H2,1-2H3,(H,21,22). The molecule has 0 saturated carbocycles. The predicted molar refractivity (Wildman–Crippen MR) is 87.3 cm³/mol. The Balaban J connectivity index is 1.74. The summed E-state index contributed by atoms with van der Waals surface area (Å²) in [5, 5.41) is 6.11. The number of carbonyl (C=O) groups excluding carboxylic acids is 1. The maximum atomic E-state index is 12.8. The fourth-order valence-corrected chi connectivity index (χ4v) is 2.14. The lowest BCUT2D eigenvalue weighted by atomic mass is 10.1. The summed E-state index contributed by atoms with van der Waals surface area (Å²) in [6.07, 6.45) is 0.397. The van der Waals surface area contributed by atoms with E-state index in [2.05, 4.69) is 30.5 Å². The van der Waals surface area contributed by atoms with Crippen LogP contribution in [0.25, 0.3) is 0 Å². The molecule has 2 aromatic rings. The number of hydrogen-bond donors (Lipinski definition) is 2. The second-order valence-electron chi connectivity index (χ2n) is 5.33. The van der Waals surface area contributed by atoms with Crippen LogP contribution in [-0.2, 0) is 11.3 Å². The maximum absolute atomic E-state index is 12.8. The van der Waals surface area contributed by atoms with Crippen LogP contribution < -0.4 is 10.6 Å². The average Bonchev–Trinajstić information content (AvgIpc) is 2.51. The minimum absolute atomic E-state index is 0.0258. The van der Waals surface area contributed by atoms with Gasteiger partial charge >= 0.3 is 0 Å². The van der Waals surface area contributed by atoms with Crippen LogP contribution in [-0.4, -0.2) is 12.5 Å². The summed E-state index contributed by atoms with van der Waals surface area (Å²) in [4.78, 5) is 11.8. The molecule has 4 heteroatoms. The van der Waals surface area contributed by atoms with Crippen LogP contribution in [0.15, 0.2) is 42.5 Å². The van der Waals surface area contributed by atoms with Crippen molar-refractivity contribution in [3.05, 3.63) is 65.0 Å². The van der Waals surface area contributed by atoms with E-state index < -0.39 is 0 Å². The van der Waals surface area contributed by atoms with E-state index in [1.807, 2.05) is 12.1 Å². The summed E-state index contributed by atoms with van der Waals surface area (Å²) in [5.41, 5.74) is 4.38. The molecular weight excluding hydrogens is 279 g/mol. The third-order valence-electron chi connectivity index (χ3n) is 3.68. The zero-order chi connectivity index (χ0) is 15.9. The number of amides is 1. The number of halogens is 1. The number of carbonyl (C=O) groups is 1. The van der Waals surface area contributed by atoms with Crippen molar-refractivity contribution in [1.82, 2.24) is 5.32 Å². The highest BCUT2D eigenvalue weighted by Crippen LogP contribution is 2.17. The molecule has 0 aliphatic carbocycles. The summed E-state index contributed by atoms with van der Waals surface area (Å²) in [5.74, 6) is -0.296. The molecule has 0 saturated heterocycles. The molecule has 0 aromatic heterocycles. The van der Waals surface area contributed by atoms with Crippen LogP contribution in [0, 0.1) is 19.7 Å². The lowest BCUT2D eigenvalue weighted by molar-refractivity contribution is -0.121. The van der Waals surface area contributed by atoms with E-state index in [1.165, 1.54) is 23.3 Å². The number of anilines is 1. The maximum Gasteiger partial charge on any atom is 0.222 e. The topological polar surface area (TPSA) is 41.1 Å². The SMILES string of the molecule is Cc1cccc(NCCC(=O)NCc2ccc(F)cc2)c1C. The van der Waals surface area contributed by atoms with Crippen LogP contribution in [0.2, 0.25) is 0 Å². The molecule has 2 N–H and O–H groups in total. The van der Waals surface area contributed by atoms with Gasteiger partial charge in [-0.25, -0.2) is 4.39 Å². The van der Waals surface area contributed by atoms with Gasteiger partial charge in [0, 0.05) is 25.2 Å². The van der Waals surface area contributed by atoms with Crippen molar-refractivity contribution < 1.29 is 9.18 Å². The Labute approximate surface area is 130 Å². The quantitative estimate of drug-likeness (QED) is 0.856. The molecule has 22 heavy (non-hydrogen) atoms. The van der Waals surface area contributed by atoms with Gasteiger partial charge in [-0.1, -0.05) is 24.3 Å². The molecule has 0 unspecified atom stereocenters. The number of nitrogens with one attached hydrogen (secondary N) is 2. The Morgan fingerprint density at radius 3 is 2.55 bits per heavy atom. The molecule has 0 bridgehead atoms. The Morgan fingerprint density at radius 2 is 1.82 bits per heavy atom. The number of hydrogen-bond acceptors (Lipinski definition) is 2. The van der Waals surface area contributed by atoms with Gasteiger partial charge < -0.3 is 10.6 Å². The molecule has 1 amide bonds. The van der Waals surface area contributed by atoms with Gasteiger partial charge in [-0.2, -0.15) is 0 Å². The van der Waals surface area contributed by atoms with Gasteiger partial charge in [-0.05, 0) is 48.7 Å². The monoisotopic (exact) mass is 300 g/mol. The lowest BCUT2D eigenvalue weighted by Gasteiger charge is -2.11. The van der Waals surface area contributed by atoms with Gasteiger partial charge in [0.15, 0.2) is 0 Å². The average molecular weight is 300 g/mol. The summed E-state index contributed by atoms with van der Waals surface area (Å²) < 4.78 is 12.8. The third-order valence-corrected chi connectivity index (χ3v) is 3.68. The summed E-state index contributed by atoms with van der Waals surface area (Å²) in [6.45, 7) is 5.13. The van der Waals surface area contributed by atoms with Gasteiger partial charge in [0.05, 0.1) is 0 Å². The molecule has 0 fully saturated rings. The van der Waals surface area contributed by atoms with Gasteiger partial charge in [0.2, 0.25) is 5.91 Å². The van der Waals surface area contributed by atoms with E-state index in [-0.39, 0.29) is 11.7 Å². The largest absolute Gasteiger partial charge is 0.384 e. The van der Waals surface area contributed by atoms with Crippen molar-refractivity contribution in [3.63, 3.8) is 0 Å². The molecule has 2 aromatic carbocycles. The Morgan fingerprint density at radius 1 is 1.09 bits per heavy atom. The highest BCUT2D eigenvalue weighted by molar-refractivity contribution is 5.76. The van der Waals surface area contributed by atoms with E-state index in [4.69, 9.17) is 0 Å². The molecule has 116 valence electrons. The summed E-state index contributed by atoms with van der Waals surface area (Å²) >= 11 is 0. The fourth-order valence-electron chi connectivity index (χ4n) is 2.14. The van der Waals surface area contributed by atoms with Crippen molar-refractivity contribution in [2.75, 3.05) is 11.9 Å². The van der Waals surface area contributed by atoms with Crippen LogP contribution in [0.4, 0.5) is 10.1 Å². The lowest BCUT2D eigenvalue weighted by Crippen LogP contribution is -2.25. The van der Waals surface area contributed by atoms with Crippen molar-refractivity contribution in [2.45, 2.75) is 26.8 Å². The first-order chi connectivity index (χ1) is 10.6. The number of aryl methyl sites for hydroxylation is 1. The molecule has 0 atom stereocenters. The van der Waals surface area contributed by atoms with Crippen LogP contribution in [0.3, 0.4) is 0 Å². The normalized spacial score (nSPS) is 10.3. The third kappa shape index (κ3) is 4.58. The Hall–Kier alpha value is -2.36. The minimum Gasteiger partial charge on any atom is -0.384 e. The Bertz CT molecular complexity index is 638. The molecule has 0 heterocycles. The number of rotatable bonds is 6. The van der Waals surface area contributed by atoms with Crippen LogP contribution >= 0.6 is 0 Å². The van der Waals surface area contributed by atoms with Crippen molar-refractivity contribution in [2.24, 2.45) is 0 Å². The molecule has 2 rings (SSSR count). The van der Waals surface area contributed by atoms with E-state index >= 15 is 0 Å². The van der Waals surface area contributed by atoms with Crippen molar-refractivity contribution in [3.8, 4) is 0 Å². The molecule has 0 spiro atoms. The van der Waals surface area contributed by atoms with Gasteiger partial charge in [0.25, 0.3) is 0 Å². The highest BCUT2D eigenvalue weighted by Gasteiger charge is 2.03. The Kier molecular flexibility index (Phi) is 5.53.